The standard InChI is InChI=1S/C15H14N2O5/c1-21-13-7-3-6-12(15(16)18)14(13)22-9-10-4-2-5-11(8-10)17(19)20/h2-8H,9H2,1H3,(H2,16,18). The lowest BCUT2D eigenvalue weighted by atomic mass is 10.1. The van der Waals surface area contributed by atoms with E-state index in [4.69, 9.17) is 15.2 Å². The summed E-state index contributed by atoms with van der Waals surface area (Å²) in [4.78, 5) is 21.7. The zero-order valence-corrected chi connectivity index (χ0v) is 11.8. The SMILES string of the molecule is COc1cccc(C(N)=O)c1OCc1cccc([N+](=O)[O-])c1. The van der Waals surface area contributed by atoms with E-state index >= 15 is 0 Å². The van der Waals surface area contributed by atoms with Crippen LogP contribution in [0.5, 0.6) is 11.5 Å². The molecule has 0 aliphatic heterocycles. The van der Waals surface area contributed by atoms with E-state index in [0.29, 0.717) is 11.3 Å². The molecule has 0 atom stereocenters. The molecule has 114 valence electrons. The van der Waals surface area contributed by atoms with Gasteiger partial charge in [-0.2, -0.15) is 0 Å². The molecule has 2 rings (SSSR count). The van der Waals surface area contributed by atoms with Crippen LogP contribution >= 0.6 is 0 Å². The second-order valence-corrected chi connectivity index (χ2v) is 4.42. The smallest absolute Gasteiger partial charge is 0.269 e. The Bertz CT molecular complexity index is 715. The number of carbonyl (C=O) groups excluding carboxylic acids is 1. The average Bonchev–Trinajstić information content (AvgIpc) is 2.52. The molecule has 1 amide bonds. The number of nitrogens with zero attached hydrogens (tertiary/aromatic N) is 1. The maximum Gasteiger partial charge on any atom is 0.269 e. The topological polar surface area (TPSA) is 105 Å². The minimum Gasteiger partial charge on any atom is -0.493 e. The summed E-state index contributed by atoms with van der Waals surface area (Å²) in [5.41, 5.74) is 6.05. The fourth-order valence-electron chi connectivity index (χ4n) is 1.93. The molecule has 0 aliphatic rings. The summed E-state index contributed by atoms with van der Waals surface area (Å²) >= 11 is 0. The molecule has 0 aromatic heterocycles. The second kappa shape index (κ2) is 6.57. The third kappa shape index (κ3) is 3.32. The first-order chi connectivity index (χ1) is 10.5. The zero-order chi connectivity index (χ0) is 16.1. The fraction of sp³-hybridized carbons (Fsp3) is 0.133. The molecule has 0 saturated heterocycles. The Balaban J connectivity index is 2.26. The molecular formula is C15H14N2O5. The number of methoxy groups -OCH3 is 1. The van der Waals surface area contributed by atoms with Crippen molar-refractivity contribution >= 4 is 11.6 Å². The highest BCUT2D eigenvalue weighted by Crippen LogP contribution is 2.31. The number of carbonyl (C=O) groups is 1. The Hall–Kier alpha value is -3.09. The van der Waals surface area contributed by atoms with E-state index in [1.165, 1.54) is 25.3 Å². The average molecular weight is 302 g/mol. The van der Waals surface area contributed by atoms with Crippen LogP contribution in [-0.4, -0.2) is 17.9 Å². The largest absolute Gasteiger partial charge is 0.493 e. The molecule has 0 bridgehead atoms. The Morgan fingerprint density at radius 1 is 1.27 bits per heavy atom. The highest BCUT2D eigenvalue weighted by molar-refractivity contribution is 5.96. The van der Waals surface area contributed by atoms with Gasteiger partial charge in [-0.15, -0.1) is 0 Å². The lowest BCUT2D eigenvalue weighted by Gasteiger charge is -2.13. The van der Waals surface area contributed by atoms with Crippen molar-refractivity contribution in [3.63, 3.8) is 0 Å². The van der Waals surface area contributed by atoms with Crippen LogP contribution < -0.4 is 15.2 Å². The Morgan fingerprint density at radius 2 is 2.00 bits per heavy atom. The second-order valence-electron chi connectivity index (χ2n) is 4.42. The number of primary amides is 1. The lowest BCUT2D eigenvalue weighted by molar-refractivity contribution is -0.384. The van der Waals surface area contributed by atoms with Crippen LogP contribution in [0.2, 0.25) is 0 Å². The van der Waals surface area contributed by atoms with Gasteiger partial charge in [-0.1, -0.05) is 18.2 Å². The van der Waals surface area contributed by atoms with E-state index in [-0.39, 0.29) is 23.6 Å². The van der Waals surface area contributed by atoms with E-state index in [0.717, 1.165) is 0 Å². The molecule has 0 spiro atoms. The lowest BCUT2D eigenvalue weighted by Crippen LogP contribution is -2.13. The van der Waals surface area contributed by atoms with Gasteiger partial charge in [-0.3, -0.25) is 14.9 Å². The van der Waals surface area contributed by atoms with Gasteiger partial charge in [0.25, 0.3) is 11.6 Å². The Labute approximate surface area is 126 Å². The third-order valence-corrected chi connectivity index (χ3v) is 2.97. The first-order valence-electron chi connectivity index (χ1n) is 6.36. The van der Waals surface area contributed by atoms with Crippen LogP contribution in [0.4, 0.5) is 5.69 Å². The van der Waals surface area contributed by atoms with Crippen LogP contribution in [0.25, 0.3) is 0 Å². The molecule has 0 fully saturated rings. The third-order valence-electron chi connectivity index (χ3n) is 2.97. The van der Waals surface area contributed by atoms with Gasteiger partial charge in [-0.25, -0.2) is 0 Å². The minimum absolute atomic E-state index is 0.0312. The maximum atomic E-state index is 11.4. The Kier molecular flexibility index (Phi) is 4.57. The van der Waals surface area contributed by atoms with E-state index in [9.17, 15) is 14.9 Å². The molecule has 22 heavy (non-hydrogen) atoms. The van der Waals surface area contributed by atoms with Gasteiger partial charge >= 0.3 is 0 Å². The van der Waals surface area contributed by atoms with E-state index in [1.807, 2.05) is 0 Å². The van der Waals surface area contributed by atoms with Crippen LogP contribution in [0.3, 0.4) is 0 Å². The fourth-order valence-corrected chi connectivity index (χ4v) is 1.93. The van der Waals surface area contributed by atoms with Gasteiger partial charge in [0.05, 0.1) is 17.6 Å². The van der Waals surface area contributed by atoms with E-state index in [1.54, 1.807) is 24.3 Å². The zero-order valence-electron chi connectivity index (χ0n) is 11.8. The summed E-state index contributed by atoms with van der Waals surface area (Å²) in [6, 6.07) is 10.8. The maximum absolute atomic E-state index is 11.4. The van der Waals surface area contributed by atoms with Crippen molar-refractivity contribution in [3.05, 3.63) is 63.7 Å². The Morgan fingerprint density at radius 3 is 2.64 bits per heavy atom. The molecule has 0 aliphatic carbocycles. The van der Waals surface area contributed by atoms with Crippen molar-refractivity contribution < 1.29 is 19.2 Å². The van der Waals surface area contributed by atoms with Crippen molar-refractivity contribution in [2.75, 3.05) is 7.11 Å². The van der Waals surface area contributed by atoms with Crippen LogP contribution in [-0.2, 0) is 6.61 Å². The van der Waals surface area contributed by atoms with Crippen molar-refractivity contribution in [3.8, 4) is 11.5 Å². The normalized spacial score (nSPS) is 10.0. The molecule has 7 nitrogen and oxygen atoms in total. The number of nitro groups is 1. The van der Waals surface area contributed by atoms with Crippen molar-refractivity contribution in [1.29, 1.82) is 0 Å². The minimum atomic E-state index is -0.645. The molecule has 2 aromatic rings. The summed E-state index contributed by atoms with van der Waals surface area (Å²) in [6.45, 7) is 0.0440. The number of para-hydroxylation sites is 1. The molecular weight excluding hydrogens is 288 g/mol. The molecule has 0 heterocycles. The number of nitro benzene ring substituents is 1. The highest BCUT2D eigenvalue weighted by atomic mass is 16.6. The number of ether oxygens (including phenoxy) is 2. The predicted molar refractivity (Wildman–Crippen MR) is 78.9 cm³/mol. The summed E-state index contributed by atoms with van der Waals surface area (Å²) < 4.78 is 10.7. The molecule has 0 unspecified atom stereocenters. The molecule has 0 saturated carbocycles. The first-order valence-corrected chi connectivity index (χ1v) is 6.36. The molecule has 2 N–H and O–H groups in total. The van der Waals surface area contributed by atoms with Gasteiger partial charge in [0.1, 0.15) is 6.61 Å². The number of benzene rings is 2. The number of hydrogen-bond acceptors (Lipinski definition) is 5. The highest BCUT2D eigenvalue weighted by Gasteiger charge is 2.15. The van der Waals surface area contributed by atoms with E-state index < -0.39 is 10.8 Å². The summed E-state index contributed by atoms with van der Waals surface area (Å²) in [5.74, 6) is -0.0707. The number of non-ortho nitro benzene ring substituents is 1. The van der Waals surface area contributed by atoms with E-state index in [2.05, 4.69) is 0 Å². The van der Waals surface area contributed by atoms with Gasteiger partial charge in [0, 0.05) is 12.1 Å². The van der Waals surface area contributed by atoms with Crippen molar-refractivity contribution in [2.45, 2.75) is 6.61 Å². The van der Waals surface area contributed by atoms with Gasteiger partial charge in [0.2, 0.25) is 0 Å². The van der Waals surface area contributed by atoms with Crippen LogP contribution in [0.1, 0.15) is 15.9 Å². The molecule has 7 heteroatoms. The molecule has 0 radical (unpaired) electrons. The molecule has 2 aromatic carbocycles. The van der Waals surface area contributed by atoms with Crippen molar-refractivity contribution in [1.82, 2.24) is 0 Å². The van der Waals surface area contributed by atoms with Gasteiger partial charge < -0.3 is 15.2 Å². The van der Waals surface area contributed by atoms with Gasteiger partial charge in [-0.05, 0) is 17.7 Å². The van der Waals surface area contributed by atoms with Crippen LogP contribution in [0, 0.1) is 10.1 Å². The van der Waals surface area contributed by atoms with Gasteiger partial charge in [0.15, 0.2) is 11.5 Å². The van der Waals surface area contributed by atoms with Crippen molar-refractivity contribution in [2.24, 2.45) is 5.73 Å². The monoisotopic (exact) mass is 302 g/mol. The number of amides is 1. The predicted octanol–water partition coefficient (Wildman–Crippen LogP) is 2.28. The number of hydrogen-bond donors (Lipinski definition) is 1. The van der Waals surface area contributed by atoms with Crippen LogP contribution in [0.15, 0.2) is 42.5 Å². The summed E-state index contributed by atoms with van der Waals surface area (Å²) in [5, 5.41) is 10.8. The number of nitrogens with two attached hydrogens (primary N) is 1. The number of rotatable bonds is 6. The quantitative estimate of drug-likeness (QED) is 0.651. The first kappa shape index (κ1) is 15.3. The summed E-state index contributed by atoms with van der Waals surface area (Å²) in [7, 11) is 1.44. The summed E-state index contributed by atoms with van der Waals surface area (Å²) in [6.07, 6.45) is 0.